The number of aliphatic hydroxyl groups excluding tert-OH is 1. The van der Waals surface area contributed by atoms with E-state index in [-0.39, 0.29) is 24.7 Å². The van der Waals surface area contributed by atoms with Gasteiger partial charge in [0.05, 0.1) is 18.8 Å². The molecule has 1 aliphatic rings. The van der Waals surface area contributed by atoms with Crippen LogP contribution in [0.4, 0.5) is 0 Å². The van der Waals surface area contributed by atoms with E-state index >= 15 is 0 Å². The largest absolute Gasteiger partial charge is 0.394 e. The minimum absolute atomic E-state index is 0.0480. The normalized spacial score (nSPS) is 23.8. The van der Waals surface area contributed by atoms with Crippen molar-refractivity contribution in [2.24, 2.45) is 0 Å². The lowest BCUT2D eigenvalue weighted by atomic mass is 10.2. The Labute approximate surface area is 106 Å². The van der Waals surface area contributed by atoms with Crippen LogP contribution in [0.2, 0.25) is 0 Å². The molecule has 0 aliphatic carbocycles. The zero-order valence-electron chi connectivity index (χ0n) is 10.7. The fraction of sp³-hybridized carbons (Fsp3) is 0.667. The summed E-state index contributed by atoms with van der Waals surface area (Å²) in [5, 5.41) is 14.1. The van der Waals surface area contributed by atoms with Crippen molar-refractivity contribution < 1.29 is 19.4 Å². The van der Waals surface area contributed by atoms with E-state index in [1.54, 1.807) is 13.1 Å². The number of amides is 2. The van der Waals surface area contributed by atoms with Gasteiger partial charge >= 0.3 is 0 Å². The van der Waals surface area contributed by atoms with Gasteiger partial charge in [-0.05, 0) is 19.8 Å². The van der Waals surface area contributed by atoms with Crippen LogP contribution >= 0.6 is 0 Å². The molecule has 18 heavy (non-hydrogen) atoms. The molecule has 1 heterocycles. The second kappa shape index (κ2) is 7.13. The first-order valence-electron chi connectivity index (χ1n) is 6.01. The van der Waals surface area contributed by atoms with Gasteiger partial charge in [-0.3, -0.25) is 14.9 Å². The standard InChI is InChI=1S/C12H20N2O4/c1-8(12(17)14-9(2)16)5-13-6-10-3-4-11(7-15)18-10/h5,10-11,13,15H,3-4,6-7H2,1-2H3,(H,14,16,17)/b8-5-. The lowest BCUT2D eigenvalue weighted by Crippen LogP contribution is -2.30. The van der Waals surface area contributed by atoms with Crippen molar-refractivity contribution in [3.8, 4) is 0 Å². The number of hydrogen-bond donors (Lipinski definition) is 3. The zero-order valence-corrected chi connectivity index (χ0v) is 10.7. The van der Waals surface area contributed by atoms with Crippen LogP contribution < -0.4 is 10.6 Å². The molecule has 0 bridgehead atoms. The highest BCUT2D eigenvalue weighted by atomic mass is 16.5. The Hall–Kier alpha value is -1.40. The molecule has 0 spiro atoms. The number of nitrogens with one attached hydrogen (secondary N) is 2. The Balaban J connectivity index is 2.27. The van der Waals surface area contributed by atoms with Gasteiger partial charge < -0.3 is 15.2 Å². The lowest BCUT2D eigenvalue weighted by Gasteiger charge is -2.12. The minimum atomic E-state index is -0.407. The van der Waals surface area contributed by atoms with Gasteiger partial charge in [0.2, 0.25) is 5.91 Å². The molecule has 0 aromatic heterocycles. The average molecular weight is 256 g/mol. The van der Waals surface area contributed by atoms with E-state index in [0.29, 0.717) is 12.1 Å². The van der Waals surface area contributed by atoms with Gasteiger partial charge in [0, 0.05) is 25.2 Å². The number of carbonyl (C=O) groups excluding carboxylic acids is 2. The molecule has 3 N–H and O–H groups in total. The van der Waals surface area contributed by atoms with Gasteiger partial charge in [0.15, 0.2) is 0 Å². The van der Waals surface area contributed by atoms with Crippen LogP contribution in [0.15, 0.2) is 11.8 Å². The molecule has 1 saturated heterocycles. The van der Waals surface area contributed by atoms with Crippen LogP contribution in [0.5, 0.6) is 0 Å². The zero-order chi connectivity index (χ0) is 13.5. The van der Waals surface area contributed by atoms with Gasteiger partial charge in [-0.2, -0.15) is 0 Å². The Bertz CT molecular complexity index is 341. The van der Waals surface area contributed by atoms with E-state index in [2.05, 4.69) is 10.6 Å². The number of aliphatic hydroxyl groups is 1. The number of ether oxygens (including phenoxy) is 1. The summed E-state index contributed by atoms with van der Waals surface area (Å²) in [6, 6.07) is 0. The molecule has 0 saturated carbocycles. The molecule has 1 rings (SSSR count). The first-order chi connectivity index (χ1) is 8.52. The van der Waals surface area contributed by atoms with Crippen LogP contribution in [-0.2, 0) is 14.3 Å². The summed E-state index contributed by atoms with van der Waals surface area (Å²) in [6.07, 6.45) is 3.31. The van der Waals surface area contributed by atoms with Gasteiger partial charge in [-0.15, -0.1) is 0 Å². The molecule has 6 nitrogen and oxygen atoms in total. The van der Waals surface area contributed by atoms with E-state index in [1.807, 2.05) is 0 Å². The second-order valence-corrected chi connectivity index (χ2v) is 4.39. The minimum Gasteiger partial charge on any atom is -0.394 e. The first-order valence-corrected chi connectivity index (χ1v) is 6.01. The Morgan fingerprint density at radius 2 is 2.00 bits per heavy atom. The molecule has 2 amide bonds. The number of imide groups is 1. The van der Waals surface area contributed by atoms with E-state index < -0.39 is 5.91 Å². The highest BCUT2D eigenvalue weighted by Crippen LogP contribution is 2.18. The maximum absolute atomic E-state index is 11.4. The second-order valence-electron chi connectivity index (χ2n) is 4.39. The third kappa shape index (κ3) is 4.85. The van der Waals surface area contributed by atoms with Crippen molar-refractivity contribution in [3.05, 3.63) is 11.8 Å². The molecular weight excluding hydrogens is 236 g/mol. The molecule has 2 unspecified atom stereocenters. The van der Waals surface area contributed by atoms with E-state index in [1.165, 1.54) is 6.92 Å². The quantitative estimate of drug-likeness (QED) is 0.587. The highest BCUT2D eigenvalue weighted by Gasteiger charge is 2.23. The molecule has 102 valence electrons. The fourth-order valence-electron chi connectivity index (χ4n) is 1.73. The van der Waals surface area contributed by atoms with Crippen molar-refractivity contribution in [1.82, 2.24) is 10.6 Å². The number of hydrogen-bond acceptors (Lipinski definition) is 5. The average Bonchev–Trinajstić information content (AvgIpc) is 2.76. The summed E-state index contributed by atoms with van der Waals surface area (Å²) in [5.74, 6) is -0.784. The van der Waals surface area contributed by atoms with Crippen molar-refractivity contribution in [2.45, 2.75) is 38.9 Å². The Morgan fingerprint density at radius 3 is 2.56 bits per heavy atom. The van der Waals surface area contributed by atoms with E-state index in [9.17, 15) is 9.59 Å². The van der Waals surface area contributed by atoms with Crippen molar-refractivity contribution >= 4 is 11.8 Å². The van der Waals surface area contributed by atoms with E-state index in [0.717, 1.165) is 12.8 Å². The summed E-state index contributed by atoms with van der Waals surface area (Å²) in [6.45, 7) is 3.55. The van der Waals surface area contributed by atoms with Crippen molar-refractivity contribution in [1.29, 1.82) is 0 Å². The third-order valence-corrected chi connectivity index (χ3v) is 2.71. The monoisotopic (exact) mass is 256 g/mol. The molecule has 0 aromatic carbocycles. The van der Waals surface area contributed by atoms with Crippen LogP contribution in [0, 0.1) is 0 Å². The van der Waals surface area contributed by atoms with Gasteiger partial charge in [-0.1, -0.05) is 0 Å². The molecule has 0 radical (unpaired) electrons. The maximum Gasteiger partial charge on any atom is 0.254 e. The third-order valence-electron chi connectivity index (χ3n) is 2.71. The first kappa shape index (κ1) is 14.7. The molecule has 1 aliphatic heterocycles. The molecular formula is C12H20N2O4. The van der Waals surface area contributed by atoms with Crippen LogP contribution in [0.1, 0.15) is 26.7 Å². The highest BCUT2D eigenvalue weighted by molar-refractivity contribution is 6.03. The topological polar surface area (TPSA) is 87.7 Å². The van der Waals surface area contributed by atoms with Crippen LogP contribution in [0.3, 0.4) is 0 Å². The maximum atomic E-state index is 11.4. The summed E-state index contributed by atoms with van der Waals surface area (Å²) in [5.41, 5.74) is 0.432. The van der Waals surface area contributed by atoms with Gasteiger partial charge in [0.1, 0.15) is 0 Å². The summed E-state index contributed by atoms with van der Waals surface area (Å²) in [7, 11) is 0. The Morgan fingerprint density at radius 1 is 1.33 bits per heavy atom. The number of rotatable bonds is 5. The van der Waals surface area contributed by atoms with Gasteiger partial charge in [-0.25, -0.2) is 0 Å². The van der Waals surface area contributed by atoms with Crippen molar-refractivity contribution in [2.75, 3.05) is 13.2 Å². The van der Waals surface area contributed by atoms with E-state index in [4.69, 9.17) is 9.84 Å². The van der Waals surface area contributed by atoms with Gasteiger partial charge in [0.25, 0.3) is 5.91 Å². The lowest BCUT2D eigenvalue weighted by molar-refractivity contribution is -0.127. The van der Waals surface area contributed by atoms with Crippen molar-refractivity contribution in [3.63, 3.8) is 0 Å². The number of carbonyl (C=O) groups is 2. The summed E-state index contributed by atoms with van der Waals surface area (Å²) < 4.78 is 5.52. The SMILES string of the molecule is CC(=O)NC(=O)/C(C)=C\NCC1CCC(CO)O1. The Kier molecular flexibility index (Phi) is 5.80. The summed E-state index contributed by atoms with van der Waals surface area (Å²) >= 11 is 0. The molecule has 0 aromatic rings. The summed E-state index contributed by atoms with van der Waals surface area (Å²) in [4.78, 5) is 22.1. The molecule has 6 heteroatoms. The predicted molar refractivity (Wildman–Crippen MR) is 65.6 cm³/mol. The van der Waals surface area contributed by atoms with Crippen LogP contribution in [0.25, 0.3) is 0 Å². The molecule has 1 fully saturated rings. The molecule has 2 atom stereocenters. The fourth-order valence-corrected chi connectivity index (χ4v) is 1.73. The predicted octanol–water partition coefficient (Wildman–Crippen LogP) is -0.318. The smallest absolute Gasteiger partial charge is 0.254 e. The van der Waals surface area contributed by atoms with Crippen LogP contribution in [-0.4, -0.2) is 42.3 Å².